The van der Waals surface area contributed by atoms with Gasteiger partial charge in [-0.3, -0.25) is 19.5 Å². The summed E-state index contributed by atoms with van der Waals surface area (Å²) >= 11 is 0. The van der Waals surface area contributed by atoms with Crippen molar-refractivity contribution in [2.75, 3.05) is 39.3 Å². The Bertz CT molecular complexity index is 793. The predicted molar refractivity (Wildman–Crippen MR) is 119 cm³/mol. The number of nitrogens with zero attached hydrogens (tertiary/aromatic N) is 3. The molecule has 0 saturated carbocycles. The van der Waals surface area contributed by atoms with Gasteiger partial charge < -0.3 is 10.0 Å². The van der Waals surface area contributed by atoms with Gasteiger partial charge in [0, 0.05) is 58.2 Å². The smallest absolute Gasteiger partial charge is 0.222 e. The number of hydrogen-bond donors (Lipinski definition) is 1. The van der Waals surface area contributed by atoms with Crippen LogP contribution in [-0.4, -0.2) is 72.1 Å². The highest BCUT2D eigenvalue weighted by molar-refractivity contribution is 6.14. The first-order valence-electron chi connectivity index (χ1n) is 10.9. The minimum absolute atomic E-state index is 0.0329. The van der Waals surface area contributed by atoms with Crippen LogP contribution in [0.25, 0.3) is 0 Å². The fourth-order valence-electron chi connectivity index (χ4n) is 4.07. The Morgan fingerprint density at radius 3 is 2.50 bits per heavy atom. The summed E-state index contributed by atoms with van der Waals surface area (Å²) in [6, 6.07) is 9.86. The maximum absolute atomic E-state index is 12.5. The van der Waals surface area contributed by atoms with E-state index in [4.69, 9.17) is 0 Å². The van der Waals surface area contributed by atoms with Crippen LogP contribution in [0.3, 0.4) is 0 Å². The Kier molecular flexibility index (Phi) is 7.80. The van der Waals surface area contributed by atoms with Crippen LogP contribution in [0.15, 0.2) is 46.7 Å². The molecule has 0 spiro atoms. The Labute approximate surface area is 179 Å². The molecule has 2 aliphatic rings. The standard InChI is InChI=1S/C24H33N3O3/c1-18(2)14-24(30)27-12-10-26(11-13-27)9-8-25-17-21-22(28)15-20(16-23(21)29)19-6-4-3-5-7-19/h3-7,17-18,20,28H,8-16H2,1-2H3. The number of hydrogen-bond acceptors (Lipinski definition) is 5. The number of carbonyl (C=O) groups excluding carboxylic acids is 2. The molecule has 1 amide bonds. The topological polar surface area (TPSA) is 73.2 Å². The van der Waals surface area contributed by atoms with Crippen LogP contribution in [0.2, 0.25) is 0 Å². The third kappa shape index (κ3) is 6.02. The Balaban J connectivity index is 1.45. The molecule has 1 aliphatic heterocycles. The monoisotopic (exact) mass is 411 g/mol. The molecule has 1 unspecified atom stereocenters. The van der Waals surface area contributed by atoms with E-state index in [0.717, 1.165) is 38.3 Å². The first-order valence-corrected chi connectivity index (χ1v) is 10.9. The molecule has 6 heteroatoms. The molecule has 162 valence electrons. The van der Waals surface area contributed by atoms with E-state index in [1.165, 1.54) is 0 Å². The van der Waals surface area contributed by atoms with Gasteiger partial charge in [0.15, 0.2) is 5.78 Å². The number of benzene rings is 1. The van der Waals surface area contributed by atoms with Crippen molar-refractivity contribution in [2.24, 2.45) is 10.9 Å². The van der Waals surface area contributed by atoms with Crippen molar-refractivity contribution in [1.29, 1.82) is 0 Å². The lowest BCUT2D eigenvalue weighted by Crippen LogP contribution is -2.49. The summed E-state index contributed by atoms with van der Waals surface area (Å²) in [6.07, 6.45) is 3.04. The third-order valence-electron chi connectivity index (χ3n) is 5.83. The van der Waals surface area contributed by atoms with Crippen molar-refractivity contribution in [3.63, 3.8) is 0 Å². The molecule has 1 atom stereocenters. The van der Waals surface area contributed by atoms with Gasteiger partial charge in [-0.05, 0) is 17.4 Å². The molecule has 3 rings (SSSR count). The van der Waals surface area contributed by atoms with Crippen LogP contribution in [0.1, 0.15) is 44.6 Å². The van der Waals surface area contributed by atoms with Crippen LogP contribution in [-0.2, 0) is 9.59 Å². The predicted octanol–water partition coefficient (Wildman–Crippen LogP) is 3.21. The van der Waals surface area contributed by atoms with Crippen molar-refractivity contribution in [3.8, 4) is 0 Å². The highest BCUT2D eigenvalue weighted by Gasteiger charge is 2.27. The average molecular weight is 412 g/mol. The van der Waals surface area contributed by atoms with Crippen molar-refractivity contribution >= 4 is 17.9 Å². The lowest BCUT2D eigenvalue weighted by Gasteiger charge is -2.34. The Morgan fingerprint density at radius 2 is 1.87 bits per heavy atom. The van der Waals surface area contributed by atoms with Gasteiger partial charge in [-0.1, -0.05) is 44.2 Å². The minimum Gasteiger partial charge on any atom is -0.511 e. The van der Waals surface area contributed by atoms with E-state index in [1.54, 1.807) is 6.21 Å². The molecule has 30 heavy (non-hydrogen) atoms. The third-order valence-corrected chi connectivity index (χ3v) is 5.83. The van der Waals surface area contributed by atoms with Gasteiger partial charge in [-0.15, -0.1) is 0 Å². The summed E-state index contributed by atoms with van der Waals surface area (Å²) in [7, 11) is 0. The molecule has 0 bridgehead atoms. The van der Waals surface area contributed by atoms with Crippen LogP contribution in [0.4, 0.5) is 0 Å². The second-order valence-electron chi connectivity index (χ2n) is 8.66. The maximum Gasteiger partial charge on any atom is 0.222 e. The first-order chi connectivity index (χ1) is 14.4. The fraction of sp³-hybridized carbons (Fsp3) is 0.542. The Morgan fingerprint density at radius 1 is 1.17 bits per heavy atom. The number of carbonyl (C=O) groups is 2. The van der Waals surface area contributed by atoms with Crippen LogP contribution in [0, 0.1) is 5.92 Å². The second-order valence-corrected chi connectivity index (χ2v) is 8.66. The van der Waals surface area contributed by atoms with Crippen molar-refractivity contribution in [2.45, 2.75) is 39.0 Å². The van der Waals surface area contributed by atoms with E-state index in [0.29, 0.717) is 37.3 Å². The highest BCUT2D eigenvalue weighted by atomic mass is 16.3. The lowest BCUT2D eigenvalue weighted by molar-refractivity contribution is -0.133. The zero-order valence-corrected chi connectivity index (χ0v) is 18.1. The van der Waals surface area contributed by atoms with E-state index in [9.17, 15) is 14.7 Å². The number of piperazine rings is 1. The van der Waals surface area contributed by atoms with E-state index in [1.807, 2.05) is 35.2 Å². The van der Waals surface area contributed by atoms with Gasteiger partial charge in [-0.2, -0.15) is 0 Å². The zero-order valence-electron chi connectivity index (χ0n) is 18.1. The normalized spacial score (nSPS) is 21.1. The molecule has 1 aromatic rings. The van der Waals surface area contributed by atoms with Gasteiger partial charge in [0.25, 0.3) is 0 Å². The van der Waals surface area contributed by atoms with E-state index < -0.39 is 0 Å². The molecular formula is C24H33N3O3. The molecule has 1 aliphatic carbocycles. The summed E-state index contributed by atoms with van der Waals surface area (Å²) < 4.78 is 0. The molecule has 0 radical (unpaired) electrons. The Hall–Kier alpha value is -2.47. The van der Waals surface area contributed by atoms with Gasteiger partial charge in [0.05, 0.1) is 12.1 Å². The number of aliphatic hydroxyl groups excluding tert-OH is 1. The quantitative estimate of drug-likeness (QED) is 0.700. The van der Waals surface area contributed by atoms with E-state index >= 15 is 0 Å². The number of aliphatic imine (C=N–C) groups is 1. The molecule has 1 heterocycles. The minimum atomic E-state index is -0.0476. The SMILES string of the molecule is CC(C)CC(=O)N1CCN(CCN=CC2=C(O)CC(c3ccccc3)CC2=O)CC1. The number of amides is 1. The van der Waals surface area contributed by atoms with E-state index in [-0.39, 0.29) is 23.4 Å². The van der Waals surface area contributed by atoms with Crippen molar-refractivity contribution in [1.82, 2.24) is 9.80 Å². The van der Waals surface area contributed by atoms with Crippen LogP contribution in [0.5, 0.6) is 0 Å². The summed E-state index contributed by atoms with van der Waals surface area (Å²) in [5, 5.41) is 10.4. The van der Waals surface area contributed by atoms with Crippen LogP contribution >= 0.6 is 0 Å². The number of aliphatic hydroxyl groups is 1. The number of rotatable bonds is 7. The largest absolute Gasteiger partial charge is 0.511 e. The fourth-order valence-corrected chi connectivity index (χ4v) is 4.07. The summed E-state index contributed by atoms with van der Waals surface area (Å²) in [4.78, 5) is 33.3. The molecule has 1 fully saturated rings. The summed E-state index contributed by atoms with van der Waals surface area (Å²) in [5.74, 6) is 0.760. The molecule has 1 aromatic carbocycles. The number of allylic oxidation sites excluding steroid dienone is 2. The first kappa shape index (κ1) is 22.2. The zero-order chi connectivity index (χ0) is 21.5. The van der Waals surface area contributed by atoms with Gasteiger partial charge in [0.1, 0.15) is 5.76 Å². The highest BCUT2D eigenvalue weighted by Crippen LogP contribution is 2.32. The molecule has 0 aromatic heterocycles. The van der Waals surface area contributed by atoms with Crippen molar-refractivity contribution < 1.29 is 14.7 Å². The average Bonchev–Trinajstić information content (AvgIpc) is 2.73. The number of ketones is 1. The number of Topliss-reactive ketones (excluding diaryl/α,β-unsaturated/α-hetero) is 1. The molecule has 1 saturated heterocycles. The van der Waals surface area contributed by atoms with E-state index in [2.05, 4.69) is 23.7 Å². The molecular weight excluding hydrogens is 378 g/mol. The lowest BCUT2D eigenvalue weighted by atomic mass is 9.83. The second kappa shape index (κ2) is 10.5. The molecule has 6 nitrogen and oxygen atoms in total. The molecule has 1 N–H and O–H groups in total. The van der Waals surface area contributed by atoms with Gasteiger partial charge in [0.2, 0.25) is 5.91 Å². The maximum atomic E-state index is 12.5. The van der Waals surface area contributed by atoms with Crippen molar-refractivity contribution in [3.05, 3.63) is 47.2 Å². The summed E-state index contributed by atoms with van der Waals surface area (Å²) in [5.41, 5.74) is 1.44. The van der Waals surface area contributed by atoms with Gasteiger partial charge in [-0.25, -0.2) is 0 Å². The summed E-state index contributed by atoms with van der Waals surface area (Å²) in [6.45, 7) is 8.73. The van der Waals surface area contributed by atoms with Gasteiger partial charge >= 0.3 is 0 Å². The van der Waals surface area contributed by atoms with Crippen LogP contribution < -0.4 is 0 Å².